The number of nitrogens with zero attached hydrogens (tertiary/aromatic N) is 1. The van der Waals surface area contributed by atoms with Gasteiger partial charge in [-0.1, -0.05) is 51.1 Å². The van der Waals surface area contributed by atoms with Gasteiger partial charge in [-0.25, -0.2) is 4.79 Å². The zero-order valence-corrected chi connectivity index (χ0v) is 24.1. The second kappa shape index (κ2) is 9.29. The van der Waals surface area contributed by atoms with Crippen LogP contribution in [0.1, 0.15) is 65.5 Å². The van der Waals surface area contributed by atoms with Crippen LogP contribution in [0.4, 0.5) is 4.79 Å². The SMILES string of the molecule is CC(C)(C)OC(=O)N1CCC2(C=C(c3ccccc3)c3cc(O[Si](C)(C)C(C)(C)C)ccc3O2)CC1. The Kier molecular flexibility index (Phi) is 6.80. The number of ether oxygens (including phenoxy) is 2. The van der Waals surface area contributed by atoms with Gasteiger partial charge < -0.3 is 18.8 Å². The molecule has 1 fully saturated rings. The Labute approximate surface area is 217 Å². The maximum absolute atomic E-state index is 12.6. The summed E-state index contributed by atoms with van der Waals surface area (Å²) in [5, 5.41) is 0.115. The van der Waals surface area contributed by atoms with E-state index in [1.54, 1.807) is 4.90 Å². The number of amides is 1. The maximum atomic E-state index is 12.6. The average molecular weight is 508 g/mol. The number of carbonyl (C=O) groups is 1. The molecule has 2 aliphatic rings. The first-order chi connectivity index (χ1) is 16.7. The predicted octanol–water partition coefficient (Wildman–Crippen LogP) is 7.66. The summed E-state index contributed by atoms with van der Waals surface area (Å²) < 4.78 is 18.9. The molecule has 2 aromatic carbocycles. The van der Waals surface area contributed by atoms with Crippen LogP contribution in [0.25, 0.3) is 5.57 Å². The van der Waals surface area contributed by atoms with Crippen molar-refractivity contribution in [3.05, 3.63) is 65.7 Å². The first kappa shape index (κ1) is 26.3. The number of carbonyl (C=O) groups excluding carboxylic acids is 1. The van der Waals surface area contributed by atoms with E-state index in [4.69, 9.17) is 13.9 Å². The molecule has 2 aromatic rings. The quantitative estimate of drug-likeness (QED) is 0.400. The van der Waals surface area contributed by atoms with Crippen LogP contribution in [0.3, 0.4) is 0 Å². The molecule has 6 heteroatoms. The van der Waals surface area contributed by atoms with Gasteiger partial charge in [0.1, 0.15) is 22.7 Å². The first-order valence-electron chi connectivity index (χ1n) is 13.0. The Bertz CT molecular complexity index is 1130. The van der Waals surface area contributed by atoms with Gasteiger partial charge >= 0.3 is 6.09 Å². The van der Waals surface area contributed by atoms with Gasteiger partial charge in [0.25, 0.3) is 0 Å². The van der Waals surface area contributed by atoms with E-state index in [1.165, 1.54) is 0 Å². The van der Waals surface area contributed by atoms with Gasteiger partial charge in [-0.05, 0) is 74.3 Å². The number of likely N-dealkylation sites (tertiary alicyclic amines) is 1. The smallest absolute Gasteiger partial charge is 0.410 e. The molecule has 0 bridgehead atoms. The lowest BCUT2D eigenvalue weighted by Crippen LogP contribution is -2.50. The van der Waals surface area contributed by atoms with Crippen LogP contribution in [0, 0.1) is 0 Å². The molecule has 0 atom stereocenters. The van der Waals surface area contributed by atoms with Crippen LogP contribution in [0.5, 0.6) is 11.5 Å². The Balaban J connectivity index is 1.65. The Hall–Kier alpha value is -2.73. The third kappa shape index (κ3) is 5.64. The van der Waals surface area contributed by atoms with Crippen LogP contribution in [-0.4, -0.2) is 43.6 Å². The molecule has 36 heavy (non-hydrogen) atoms. The van der Waals surface area contributed by atoms with E-state index in [-0.39, 0.29) is 11.1 Å². The van der Waals surface area contributed by atoms with Crippen LogP contribution < -0.4 is 9.16 Å². The minimum absolute atomic E-state index is 0.115. The molecule has 2 heterocycles. The number of piperidine rings is 1. The van der Waals surface area contributed by atoms with E-state index in [1.807, 2.05) is 32.9 Å². The number of rotatable bonds is 3. The van der Waals surface area contributed by atoms with Crippen molar-refractivity contribution in [3.63, 3.8) is 0 Å². The monoisotopic (exact) mass is 507 g/mol. The van der Waals surface area contributed by atoms with Gasteiger partial charge in [0.15, 0.2) is 0 Å². The number of benzene rings is 2. The molecule has 0 N–H and O–H groups in total. The maximum Gasteiger partial charge on any atom is 0.410 e. The van der Waals surface area contributed by atoms with Crippen molar-refractivity contribution in [2.45, 2.75) is 83.7 Å². The lowest BCUT2D eigenvalue weighted by molar-refractivity contribution is -0.00117. The van der Waals surface area contributed by atoms with Crippen molar-refractivity contribution in [3.8, 4) is 11.5 Å². The van der Waals surface area contributed by atoms with Gasteiger partial charge in [0, 0.05) is 31.5 Å². The van der Waals surface area contributed by atoms with Gasteiger partial charge in [-0.3, -0.25) is 0 Å². The highest BCUT2D eigenvalue weighted by molar-refractivity contribution is 6.74. The fourth-order valence-electron chi connectivity index (χ4n) is 4.41. The van der Waals surface area contributed by atoms with E-state index in [0.717, 1.165) is 28.2 Å². The highest BCUT2D eigenvalue weighted by Crippen LogP contribution is 2.46. The molecule has 1 saturated heterocycles. The summed E-state index contributed by atoms with van der Waals surface area (Å²) >= 11 is 0. The predicted molar refractivity (Wildman–Crippen MR) is 148 cm³/mol. The molecule has 2 aliphatic heterocycles. The van der Waals surface area contributed by atoms with E-state index in [9.17, 15) is 4.79 Å². The summed E-state index contributed by atoms with van der Waals surface area (Å²) in [5.41, 5.74) is 2.40. The molecule has 1 spiro atoms. The molecule has 0 saturated carbocycles. The van der Waals surface area contributed by atoms with E-state index < -0.39 is 19.5 Å². The highest BCUT2D eigenvalue weighted by Gasteiger charge is 2.42. The van der Waals surface area contributed by atoms with Gasteiger partial charge in [-0.15, -0.1) is 0 Å². The summed E-state index contributed by atoms with van der Waals surface area (Å²) in [7, 11) is -1.98. The molecule has 0 aliphatic carbocycles. The minimum Gasteiger partial charge on any atom is -0.543 e. The Morgan fingerprint density at radius 1 is 0.972 bits per heavy atom. The summed E-state index contributed by atoms with van der Waals surface area (Å²) in [5.74, 6) is 1.76. The molecule has 1 amide bonds. The summed E-state index contributed by atoms with van der Waals surface area (Å²) in [4.78, 5) is 14.4. The molecule has 0 unspecified atom stereocenters. The topological polar surface area (TPSA) is 48.0 Å². The third-order valence-electron chi connectivity index (χ3n) is 7.49. The second-order valence-corrected chi connectivity index (χ2v) is 17.3. The van der Waals surface area contributed by atoms with Crippen molar-refractivity contribution >= 4 is 20.0 Å². The van der Waals surface area contributed by atoms with Crippen LogP contribution >= 0.6 is 0 Å². The van der Waals surface area contributed by atoms with Crippen molar-refractivity contribution in [2.75, 3.05) is 13.1 Å². The standard InChI is InChI=1S/C30H41NO4Si/c1-28(2,3)34-27(32)31-18-16-30(17-19-31)21-25(22-12-10-9-11-13-22)24-20-23(14-15-26(24)33-30)35-36(7,8)29(4,5)6/h9-15,20-21H,16-19H2,1-8H3. The molecule has 0 radical (unpaired) electrons. The summed E-state index contributed by atoms with van der Waals surface area (Å²) in [6.45, 7) is 18.2. The minimum atomic E-state index is -1.98. The zero-order chi connectivity index (χ0) is 26.4. The van der Waals surface area contributed by atoms with Crippen LogP contribution in [-0.2, 0) is 4.74 Å². The van der Waals surface area contributed by atoms with Gasteiger partial charge in [-0.2, -0.15) is 0 Å². The average Bonchev–Trinajstić information content (AvgIpc) is 2.78. The normalized spacial score (nSPS) is 17.7. The van der Waals surface area contributed by atoms with Crippen LogP contribution in [0.2, 0.25) is 18.1 Å². The summed E-state index contributed by atoms with van der Waals surface area (Å²) in [6, 6.07) is 16.7. The Morgan fingerprint density at radius 2 is 1.61 bits per heavy atom. The zero-order valence-electron chi connectivity index (χ0n) is 23.1. The van der Waals surface area contributed by atoms with Crippen molar-refractivity contribution < 1.29 is 18.7 Å². The lowest BCUT2D eigenvalue weighted by atomic mass is 9.83. The molecular weight excluding hydrogens is 466 g/mol. The largest absolute Gasteiger partial charge is 0.543 e. The third-order valence-corrected chi connectivity index (χ3v) is 11.8. The van der Waals surface area contributed by atoms with Gasteiger partial charge in [0.2, 0.25) is 8.32 Å². The van der Waals surface area contributed by atoms with Crippen molar-refractivity contribution in [2.24, 2.45) is 0 Å². The molecule has 4 rings (SSSR count). The van der Waals surface area contributed by atoms with E-state index in [2.05, 4.69) is 76.3 Å². The van der Waals surface area contributed by atoms with Crippen molar-refractivity contribution in [1.82, 2.24) is 4.90 Å². The molecule has 5 nitrogen and oxygen atoms in total. The summed E-state index contributed by atoms with van der Waals surface area (Å²) in [6.07, 6.45) is 3.44. The molecule has 194 valence electrons. The second-order valence-electron chi connectivity index (χ2n) is 12.6. The van der Waals surface area contributed by atoms with Gasteiger partial charge in [0.05, 0.1) is 0 Å². The van der Waals surface area contributed by atoms with Crippen molar-refractivity contribution in [1.29, 1.82) is 0 Å². The highest BCUT2D eigenvalue weighted by atomic mass is 28.4. The first-order valence-corrected chi connectivity index (χ1v) is 15.9. The fraction of sp³-hybridized carbons (Fsp3) is 0.500. The number of hydrogen-bond acceptors (Lipinski definition) is 4. The van der Waals surface area contributed by atoms with E-state index in [0.29, 0.717) is 25.9 Å². The molecule has 0 aromatic heterocycles. The fourth-order valence-corrected chi connectivity index (χ4v) is 5.43. The molecular formula is C30H41NO4Si. The number of fused-ring (bicyclic) bond motifs is 1. The van der Waals surface area contributed by atoms with Crippen LogP contribution in [0.15, 0.2) is 54.6 Å². The lowest BCUT2D eigenvalue weighted by Gasteiger charge is -2.43. The number of hydrogen-bond donors (Lipinski definition) is 0. The van der Waals surface area contributed by atoms with E-state index >= 15 is 0 Å². The Morgan fingerprint density at radius 3 is 2.19 bits per heavy atom.